The highest BCUT2D eigenvalue weighted by molar-refractivity contribution is 5.95. The summed E-state index contributed by atoms with van der Waals surface area (Å²) in [6.45, 7) is 1.92. The van der Waals surface area contributed by atoms with Crippen LogP contribution in [0.25, 0.3) is 17.7 Å². The van der Waals surface area contributed by atoms with E-state index in [1.807, 2.05) is 6.92 Å². The van der Waals surface area contributed by atoms with Crippen molar-refractivity contribution in [3.05, 3.63) is 76.4 Å². The van der Waals surface area contributed by atoms with Crippen LogP contribution in [0.5, 0.6) is 34.5 Å². The highest BCUT2D eigenvalue weighted by atomic mass is 16.6. The van der Waals surface area contributed by atoms with E-state index in [4.69, 9.17) is 4.74 Å². The number of carboxylic acid groups (broad SMARTS) is 1. The number of benzene rings is 3. The van der Waals surface area contributed by atoms with E-state index < -0.39 is 35.3 Å². The Labute approximate surface area is 260 Å². The fourth-order valence-electron chi connectivity index (χ4n) is 4.72. The number of carbonyl (C=O) groups is 2. The number of ether oxygens (including phenoxy) is 1. The van der Waals surface area contributed by atoms with Gasteiger partial charge in [0.05, 0.1) is 0 Å². The van der Waals surface area contributed by atoms with Gasteiger partial charge in [-0.3, -0.25) is 0 Å². The lowest BCUT2D eigenvalue weighted by molar-refractivity contribution is -0.160. The first-order chi connectivity index (χ1) is 21.4. The van der Waals surface area contributed by atoms with Crippen LogP contribution in [0, 0.1) is 0 Å². The normalized spacial score (nSPS) is 12.4. The van der Waals surface area contributed by atoms with Gasteiger partial charge in [-0.25, -0.2) is 9.59 Å². The maximum Gasteiger partial charge on any atom is 0.345 e. The van der Waals surface area contributed by atoms with Crippen molar-refractivity contribution in [1.29, 1.82) is 0 Å². The summed E-state index contributed by atoms with van der Waals surface area (Å²) in [6.07, 6.45) is 5.96. The van der Waals surface area contributed by atoms with Crippen LogP contribution in [-0.2, 0) is 27.2 Å². The van der Waals surface area contributed by atoms with Crippen molar-refractivity contribution in [2.75, 3.05) is 6.61 Å². The van der Waals surface area contributed by atoms with Gasteiger partial charge in [-0.1, -0.05) is 38.0 Å². The van der Waals surface area contributed by atoms with Gasteiger partial charge in [0.15, 0.2) is 34.5 Å². The molecule has 3 aromatic rings. The van der Waals surface area contributed by atoms with Gasteiger partial charge in [0, 0.05) is 19.1 Å². The molecule has 0 amide bonds. The molecule has 45 heavy (non-hydrogen) atoms. The van der Waals surface area contributed by atoms with Crippen LogP contribution in [0.4, 0.5) is 0 Å². The van der Waals surface area contributed by atoms with Crippen LogP contribution in [0.2, 0.25) is 0 Å². The van der Waals surface area contributed by atoms with E-state index in [1.54, 1.807) is 12.2 Å². The summed E-state index contributed by atoms with van der Waals surface area (Å²) in [7, 11) is 0. The van der Waals surface area contributed by atoms with Crippen molar-refractivity contribution in [3.63, 3.8) is 0 Å². The van der Waals surface area contributed by atoms with E-state index in [9.17, 15) is 50.4 Å². The molecule has 11 nitrogen and oxygen atoms in total. The monoisotopic (exact) mass is 622 g/mol. The van der Waals surface area contributed by atoms with E-state index in [2.05, 4.69) is 0 Å². The first-order valence-electron chi connectivity index (χ1n) is 14.5. The van der Waals surface area contributed by atoms with Crippen molar-refractivity contribution < 1.29 is 55.2 Å². The lowest BCUT2D eigenvalue weighted by atomic mass is 9.93. The fraction of sp³-hybridized carbons (Fsp3) is 0.294. The van der Waals surface area contributed by atoms with Crippen LogP contribution in [0.1, 0.15) is 66.8 Å². The Hall–Kier alpha value is -5.16. The molecule has 0 saturated carbocycles. The summed E-state index contributed by atoms with van der Waals surface area (Å²) in [5.74, 6) is -4.75. The molecule has 0 unspecified atom stereocenters. The summed E-state index contributed by atoms with van der Waals surface area (Å²) < 4.78 is 5.28. The average Bonchev–Trinajstić information content (AvgIpc) is 2.99. The number of esters is 1. The number of carboxylic acids is 1. The second-order valence-corrected chi connectivity index (χ2v) is 10.5. The molecule has 3 aromatic carbocycles. The minimum absolute atomic E-state index is 0.0804. The highest BCUT2D eigenvalue weighted by Crippen LogP contribution is 2.36. The Morgan fingerprint density at radius 3 is 2.04 bits per heavy atom. The number of aliphatic hydroxyl groups excluding tert-OH is 1. The molecule has 0 spiro atoms. The minimum Gasteiger partial charge on any atom is -0.504 e. The Morgan fingerprint density at radius 1 is 0.778 bits per heavy atom. The summed E-state index contributed by atoms with van der Waals surface area (Å²) in [4.78, 5) is 25.0. The van der Waals surface area contributed by atoms with Crippen molar-refractivity contribution in [2.45, 2.75) is 58.0 Å². The molecule has 0 heterocycles. The third-order valence-electron chi connectivity index (χ3n) is 7.11. The quantitative estimate of drug-likeness (QED) is 0.0363. The number of hydrogen-bond donors (Lipinski definition) is 8. The molecule has 8 N–H and O–H groups in total. The third-order valence-corrected chi connectivity index (χ3v) is 7.11. The molecule has 0 bridgehead atoms. The van der Waals surface area contributed by atoms with Gasteiger partial charge in [-0.2, -0.15) is 0 Å². The zero-order chi connectivity index (χ0) is 33.1. The van der Waals surface area contributed by atoms with Gasteiger partial charge in [0.25, 0.3) is 0 Å². The molecule has 3 rings (SSSR count). The number of unbranched alkanes of at least 4 members (excludes halogenated alkanes) is 2. The highest BCUT2D eigenvalue weighted by Gasteiger charge is 2.23. The smallest absolute Gasteiger partial charge is 0.345 e. The van der Waals surface area contributed by atoms with Crippen LogP contribution in [0.15, 0.2) is 48.5 Å². The summed E-state index contributed by atoms with van der Waals surface area (Å²) in [6, 6.07) is 9.09. The Bertz CT molecular complexity index is 1570. The lowest BCUT2D eigenvalue weighted by Gasteiger charge is -2.16. The van der Waals surface area contributed by atoms with Crippen LogP contribution < -0.4 is 0 Å². The van der Waals surface area contributed by atoms with E-state index in [-0.39, 0.29) is 30.3 Å². The van der Waals surface area contributed by atoms with Crippen LogP contribution in [-0.4, -0.2) is 65.5 Å². The number of aliphatic hydroxyl groups is 1. The number of aromatic hydroxyl groups is 6. The van der Waals surface area contributed by atoms with Crippen molar-refractivity contribution >= 4 is 29.7 Å². The number of aliphatic carboxylic acids is 1. The summed E-state index contributed by atoms with van der Waals surface area (Å²) in [5.41, 5.74) is 2.64. The molecule has 11 heteroatoms. The average molecular weight is 623 g/mol. The fourth-order valence-corrected chi connectivity index (χ4v) is 4.72. The molecule has 0 aliphatic rings. The van der Waals surface area contributed by atoms with Gasteiger partial charge in [0.1, 0.15) is 0 Å². The first kappa shape index (κ1) is 34.3. The van der Waals surface area contributed by atoms with Crippen molar-refractivity contribution in [2.24, 2.45) is 0 Å². The molecule has 0 aliphatic carbocycles. The molecule has 0 saturated heterocycles. The number of carbonyl (C=O) groups excluding carboxylic acids is 1. The predicted octanol–water partition coefficient (Wildman–Crippen LogP) is 5.22. The van der Waals surface area contributed by atoms with Crippen LogP contribution in [0.3, 0.4) is 0 Å². The number of hydrogen-bond acceptors (Lipinski definition) is 10. The lowest BCUT2D eigenvalue weighted by Crippen LogP contribution is -2.28. The standard InChI is InChI=1S/C34H38O11/c1-2-3-4-6-23(18-33(42)45-32(34(43)44)14-20-8-11-26(36)27(37)13-20)25-19-31(41)30(40)17-24(25)10-9-22-16-29(39)28(38)15-21(22)7-5-12-35/h8-11,13,15-19,32,35-41H,2-7,12,14H2,1H3,(H,43,44)/t32-/m1/s1. The van der Waals surface area contributed by atoms with Gasteiger partial charge in [0.2, 0.25) is 6.10 Å². The van der Waals surface area contributed by atoms with Gasteiger partial charge in [-0.15, -0.1) is 0 Å². The Morgan fingerprint density at radius 2 is 1.40 bits per heavy atom. The molecule has 0 aliphatic heterocycles. The first-order valence-corrected chi connectivity index (χ1v) is 14.5. The molecular formula is C34H38O11. The molecular weight excluding hydrogens is 584 g/mol. The Kier molecular flexibility index (Phi) is 12.3. The summed E-state index contributed by atoms with van der Waals surface area (Å²) >= 11 is 0. The van der Waals surface area contributed by atoms with E-state index in [0.29, 0.717) is 59.1 Å². The van der Waals surface area contributed by atoms with Gasteiger partial charge >= 0.3 is 11.9 Å². The largest absolute Gasteiger partial charge is 0.504 e. The number of aryl methyl sites for hydroxylation is 1. The van der Waals surface area contributed by atoms with E-state index >= 15 is 0 Å². The maximum atomic E-state index is 13.1. The molecule has 1 atom stereocenters. The minimum atomic E-state index is -1.61. The molecule has 0 fully saturated rings. The molecule has 0 aromatic heterocycles. The molecule has 240 valence electrons. The molecule has 0 radical (unpaired) electrons. The topological polar surface area (TPSA) is 205 Å². The summed E-state index contributed by atoms with van der Waals surface area (Å²) in [5, 5.41) is 79.0. The number of allylic oxidation sites excluding steroid dienone is 1. The zero-order valence-corrected chi connectivity index (χ0v) is 24.8. The maximum absolute atomic E-state index is 13.1. The van der Waals surface area contributed by atoms with E-state index in [0.717, 1.165) is 18.9 Å². The van der Waals surface area contributed by atoms with Crippen molar-refractivity contribution in [1.82, 2.24) is 0 Å². The number of rotatable bonds is 15. The van der Waals surface area contributed by atoms with Gasteiger partial charge in [-0.05, 0) is 95.5 Å². The van der Waals surface area contributed by atoms with Crippen molar-refractivity contribution in [3.8, 4) is 34.5 Å². The number of phenols is 6. The SMILES string of the molecule is CCCCCC(=CC(=O)O[C@H](Cc1ccc(O)c(O)c1)C(=O)O)c1cc(O)c(O)cc1C=Cc1cc(O)c(O)cc1CCCO. The number of phenolic OH excluding ortho intramolecular Hbond substituents is 6. The van der Waals surface area contributed by atoms with Crippen LogP contribution >= 0.6 is 0 Å². The zero-order valence-electron chi connectivity index (χ0n) is 24.8. The second kappa shape index (κ2) is 16.1. The third kappa shape index (κ3) is 9.67. The Balaban J connectivity index is 2.01. The predicted molar refractivity (Wildman–Crippen MR) is 167 cm³/mol. The second-order valence-electron chi connectivity index (χ2n) is 10.5. The van der Waals surface area contributed by atoms with Gasteiger partial charge < -0.3 is 45.6 Å². The van der Waals surface area contributed by atoms with E-state index in [1.165, 1.54) is 42.5 Å².